The van der Waals surface area contributed by atoms with E-state index < -0.39 is 17.9 Å². The van der Waals surface area contributed by atoms with Gasteiger partial charge in [0.05, 0.1) is 19.4 Å². The van der Waals surface area contributed by atoms with Gasteiger partial charge in [0, 0.05) is 25.9 Å². The van der Waals surface area contributed by atoms with Crippen LogP contribution in [0.2, 0.25) is 0 Å². The summed E-state index contributed by atoms with van der Waals surface area (Å²) < 4.78 is 11.2. The smallest absolute Gasteiger partial charge is 0.331 e. The molecule has 8 heteroatoms. The molecular weight excluding hydrogens is 254 g/mol. The van der Waals surface area contributed by atoms with Gasteiger partial charge in [-0.25, -0.2) is 4.79 Å². The fraction of sp³-hybridized carbons (Fsp3) is 0.545. The standard InChI is InChI=1S/C11H17N3O5/c1-14-6-8(5-12-14)10(11(16)17)13-9(15)7-19-4-3-18-2/h5-6,10H,3-4,7H2,1-2H3,(H,13,15)(H,16,17). The Morgan fingerprint density at radius 3 is 2.79 bits per heavy atom. The van der Waals surface area contributed by atoms with Crippen LogP contribution in [0.15, 0.2) is 12.4 Å². The highest BCUT2D eigenvalue weighted by molar-refractivity contribution is 5.85. The third-order valence-corrected chi connectivity index (χ3v) is 2.28. The molecule has 0 saturated carbocycles. The normalized spacial score (nSPS) is 12.1. The van der Waals surface area contributed by atoms with Gasteiger partial charge in [-0.15, -0.1) is 0 Å². The lowest BCUT2D eigenvalue weighted by Gasteiger charge is -2.12. The molecule has 0 saturated heterocycles. The van der Waals surface area contributed by atoms with Crippen LogP contribution in [0, 0.1) is 0 Å². The van der Waals surface area contributed by atoms with Crippen molar-refractivity contribution in [2.75, 3.05) is 26.9 Å². The summed E-state index contributed by atoms with van der Waals surface area (Å²) in [7, 11) is 3.18. The number of carbonyl (C=O) groups excluding carboxylic acids is 1. The highest BCUT2D eigenvalue weighted by Gasteiger charge is 2.23. The quantitative estimate of drug-likeness (QED) is 0.608. The van der Waals surface area contributed by atoms with Crippen LogP contribution >= 0.6 is 0 Å². The van der Waals surface area contributed by atoms with E-state index in [0.717, 1.165) is 0 Å². The van der Waals surface area contributed by atoms with Crippen LogP contribution in [0.3, 0.4) is 0 Å². The molecule has 1 amide bonds. The maximum atomic E-state index is 11.5. The molecule has 8 nitrogen and oxygen atoms in total. The number of amides is 1. The molecule has 0 fully saturated rings. The first kappa shape index (κ1) is 15.1. The largest absolute Gasteiger partial charge is 0.479 e. The molecule has 19 heavy (non-hydrogen) atoms. The maximum Gasteiger partial charge on any atom is 0.331 e. The minimum absolute atomic E-state index is 0.215. The van der Waals surface area contributed by atoms with Crippen molar-refractivity contribution in [1.82, 2.24) is 15.1 Å². The SMILES string of the molecule is COCCOCC(=O)NC(C(=O)O)c1cnn(C)c1. The van der Waals surface area contributed by atoms with E-state index in [1.807, 2.05) is 0 Å². The highest BCUT2D eigenvalue weighted by atomic mass is 16.5. The minimum atomic E-state index is -1.15. The van der Waals surface area contributed by atoms with E-state index in [1.165, 1.54) is 24.2 Å². The summed E-state index contributed by atoms with van der Waals surface area (Å²) in [4.78, 5) is 22.6. The Kier molecular flexibility index (Phi) is 5.97. The fourth-order valence-corrected chi connectivity index (χ4v) is 1.39. The lowest BCUT2D eigenvalue weighted by Crippen LogP contribution is -2.36. The Balaban J connectivity index is 2.50. The molecule has 0 aliphatic carbocycles. The molecule has 1 atom stereocenters. The van der Waals surface area contributed by atoms with Gasteiger partial charge in [-0.3, -0.25) is 9.48 Å². The molecule has 0 radical (unpaired) electrons. The Morgan fingerprint density at radius 1 is 1.53 bits per heavy atom. The van der Waals surface area contributed by atoms with Crippen molar-refractivity contribution in [2.45, 2.75) is 6.04 Å². The zero-order valence-electron chi connectivity index (χ0n) is 10.8. The van der Waals surface area contributed by atoms with Crippen LogP contribution < -0.4 is 5.32 Å². The Labute approximate surface area is 110 Å². The summed E-state index contributed by atoms with van der Waals surface area (Å²) in [5.74, 6) is -1.66. The molecule has 0 aliphatic rings. The topological polar surface area (TPSA) is 103 Å². The van der Waals surface area contributed by atoms with E-state index in [0.29, 0.717) is 12.2 Å². The van der Waals surface area contributed by atoms with Crippen molar-refractivity contribution in [3.63, 3.8) is 0 Å². The van der Waals surface area contributed by atoms with Gasteiger partial charge in [0.25, 0.3) is 0 Å². The second-order valence-electron chi connectivity index (χ2n) is 3.83. The summed E-state index contributed by atoms with van der Waals surface area (Å²) >= 11 is 0. The van der Waals surface area contributed by atoms with Gasteiger partial charge in [0.1, 0.15) is 6.61 Å². The van der Waals surface area contributed by atoms with Crippen molar-refractivity contribution in [2.24, 2.45) is 7.05 Å². The van der Waals surface area contributed by atoms with Crippen LogP contribution in [-0.4, -0.2) is 53.7 Å². The maximum absolute atomic E-state index is 11.5. The van der Waals surface area contributed by atoms with E-state index >= 15 is 0 Å². The molecular formula is C11H17N3O5. The molecule has 0 bridgehead atoms. The Morgan fingerprint density at radius 2 is 2.26 bits per heavy atom. The van der Waals surface area contributed by atoms with Gasteiger partial charge in [-0.2, -0.15) is 5.10 Å². The number of carbonyl (C=O) groups is 2. The Hall–Kier alpha value is -1.93. The molecule has 1 rings (SSSR count). The van der Waals surface area contributed by atoms with Crippen molar-refractivity contribution in [3.8, 4) is 0 Å². The van der Waals surface area contributed by atoms with Crippen molar-refractivity contribution < 1.29 is 24.2 Å². The molecule has 0 aromatic carbocycles. The van der Waals surface area contributed by atoms with Gasteiger partial charge < -0.3 is 19.9 Å². The molecule has 1 aromatic heterocycles. The summed E-state index contributed by atoms with van der Waals surface area (Å²) in [6.07, 6.45) is 2.93. The van der Waals surface area contributed by atoms with Gasteiger partial charge in [-0.1, -0.05) is 0 Å². The van der Waals surface area contributed by atoms with Crippen LogP contribution in [-0.2, 0) is 26.1 Å². The molecule has 0 spiro atoms. The van der Waals surface area contributed by atoms with Gasteiger partial charge in [-0.05, 0) is 0 Å². The number of ether oxygens (including phenoxy) is 2. The van der Waals surface area contributed by atoms with E-state index in [1.54, 1.807) is 7.05 Å². The number of nitrogens with zero attached hydrogens (tertiary/aromatic N) is 2. The van der Waals surface area contributed by atoms with E-state index in [2.05, 4.69) is 10.4 Å². The predicted octanol–water partition coefficient (Wildman–Crippen LogP) is -0.675. The predicted molar refractivity (Wildman–Crippen MR) is 64.4 cm³/mol. The van der Waals surface area contributed by atoms with Crippen LogP contribution in [0.5, 0.6) is 0 Å². The fourth-order valence-electron chi connectivity index (χ4n) is 1.39. The monoisotopic (exact) mass is 271 g/mol. The average Bonchev–Trinajstić information content (AvgIpc) is 2.78. The number of methoxy groups -OCH3 is 1. The van der Waals surface area contributed by atoms with Crippen LogP contribution in [0.1, 0.15) is 11.6 Å². The number of hydrogen-bond acceptors (Lipinski definition) is 5. The number of aryl methyl sites for hydroxylation is 1. The summed E-state index contributed by atoms with van der Waals surface area (Å²) in [6, 6.07) is -1.13. The molecule has 106 valence electrons. The van der Waals surface area contributed by atoms with Crippen LogP contribution in [0.25, 0.3) is 0 Å². The van der Waals surface area contributed by atoms with Gasteiger partial charge in [0.2, 0.25) is 5.91 Å². The van der Waals surface area contributed by atoms with Gasteiger partial charge in [0.15, 0.2) is 6.04 Å². The van der Waals surface area contributed by atoms with Crippen LogP contribution in [0.4, 0.5) is 0 Å². The minimum Gasteiger partial charge on any atom is -0.479 e. The lowest BCUT2D eigenvalue weighted by molar-refractivity contribution is -0.142. The average molecular weight is 271 g/mol. The second kappa shape index (κ2) is 7.49. The molecule has 1 unspecified atom stereocenters. The molecule has 2 N–H and O–H groups in total. The highest BCUT2D eigenvalue weighted by Crippen LogP contribution is 2.11. The summed E-state index contributed by atoms with van der Waals surface area (Å²) in [5.41, 5.74) is 0.403. The molecule has 1 aromatic rings. The number of nitrogens with one attached hydrogen (secondary N) is 1. The van der Waals surface area contributed by atoms with Gasteiger partial charge >= 0.3 is 5.97 Å². The van der Waals surface area contributed by atoms with Crippen molar-refractivity contribution >= 4 is 11.9 Å². The molecule has 1 heterocycles. The van der Waals surface area contributed by atoms with E-state index in [-0.39, 0.29) is 13.2 Å². The number of aromatic nitrogens is 2. The lowest BCUT2D eigenvalue weighted by atomic mass is 10.1. The number of carboxylic acid groups (broad SMARTS) is 1. The summed E-state index contributed by atoms with van der Waals surface area (Å²) in [6.45, 7) is 0.431. The number of carboxylic acids is 1. The number of rotatable bonds is 8. The third-order valence-electron chi connectivity index (χ3n) is 2.28. The van der Waals surface area contributed by atoms with E-state index in [9.17, 15) is 9.59 Å². The zero-order valence-corrected chi connectivity index (χ0v) is 10.8. The first-order valence-electron chi connectivity index (χ1n) is 5.62. The molecule has 0 aliphatic heterocycles. The van der Waals surface area contributed by atoms with E-state index in [4.69, 9.17) is 14.6 Å². The Bertz CT molecular complexity index is 432. The number of hydrogen-bond donors (Lipinski definition) is 2. The van der Waals surface area contributed by atoms with Crippen molar-refractivity contribution in [1.29, 1.82) is 0 Å². The zero-order chi connectivity index (χ0) is 14.3. The first-order valence-corrected chi connectivity index (χ1v) is 5.62. The van der Waals surface area contributed by atoms with Crippen molar-refractivity contribution in [3.05, 3.63) is 18.0 Å². The summed E-state index contributed by atoms with van der Waals surface area (Å²) in [5, 5.41) is 15.3. The third kappa shape index (κ3) is 5.06. The second-order valence-corrected chi connectivity index (χ2v) is 3.83. The number of aliphatic carboxylic acids is 1. The first-order chi connectivity index (χ1) is 9.04.